The molecule has 0 aromatic heterocycles. The highest BCUT2D eigenvalue weighted by molar-refractivity contribution is 14.1. The van der Waals surface area contributed by atoms with E-state index in [1.807, 2.05) is 30.3 Å². The van der Waals surface area contributed by atoms with Crippen LogP contribution < -0.4 is 9.47 Å². The van der Waals surface area contributed by atoms with Gasteiger partial charge in [-0.1, -0.05) is 42.0 Å². The summed E-state index contributed by atoms with van der Waals surface area (Å²) >= 11 is 8.41. The lowest BCUT2D eigenvalue weighted by molar-refractivity contribution is -0.140. The topological polar surface area (TPSA) is 68.2 Å². The number of hydrogen-bond acceptors (Lipinski definition) is 5. The average molecular weight is 589 g/mol. The molecule has 0 unspecified atom stereocenters. The van der Waals surface area contributed by atoms with Crippen molar-refractivity contribution in [3.63, 3.8) is 0 Å². The molecule has 34 heavy (non-hydrogen) atoms. The van der Waals surface area contributed by atoms with Gasteiger partial charge in [0.05, 0.1) is 28.7 Å². The average Bonchev–Trinajstić information content (AvgIpc) is 3.62. The molecule has 1 heterocycles. The van der Waals surface area contributed by atoms with Crippen molar-refractivity contribution in [1.29, 1.82) is 0 Å². The number of halogens is 2. The van der Waals surface area contributed by atoms with Gasteiger partial charge in [0.15, 0.2) is 11.5 Å². The summed E-state index contributed by atoms with van der Waals surface area (Å²) < 4.78 is 12.4. The number of rotatable bonds is 6. The van der Waals surface area contributed by atoms with Gasteiger partial charge in [-0.05, 0) is 76.4 Å². The third kappa shape index (κ3) is 3.47. The summed E-state index contributed by atoms with van der Waals surface area (Å²) in [7, 11) is 1.57. The van der Waals surface area contributed by atoms with E-state index in [0.29, 0.717) is 40.5 Å². The highest BCUT2D eigenvalue weighted by Crippen LogP contribution is 2.65. The number of hydrazone groups is 1. The zero-order valence-corrected chi connectivity index (χ0v) is 21.3. The molecular formula is C26H22ClIN2O4. The van der Waals surface area contributed by atoms with Gasteiger partial charge in [-0.2, -0.15) is 10.1 Å². The van der Waals surface area contributed by atoms with E-state index < -0.39 is 0 Å². The Kier molecular flexibility index (Phi) is 5.44. The molecule has 1 saturated heterocycles. The van der Waals surface area contributed by atoms with Crippen LogP contribution in [0, 0.1) is 39.1 Å². The first kappa shape index (κ1) is 22.1. The van der Waals surface area contributed by atoms with E-state index in [1.54, 1.807) is 19.4 Å². The van der Waals surface area contributed by atoms with Crippen molar-refractivity contribution < 1.29 is 19.1 Å². The van der Waals surface area contributed by atoms with Crippen molar-refractivity contribution in [1.82, 2.24) is 5.01 Å². The number of ether oxygens (including phenoxy) is 2. The van der Waals surface area contributed by atoms with Crippen LogP contribution in [0.1, 0.15) is 17.5 Å². The molecule has 3 fully saturated rings. The van der Waals surface area contributed by atoms with Gasteiger partial charge in [-0.25, -0.2) is 0 Å². The van der Waals surface area contributed by atoms with E-state index in [4.69, 9.17) is 21.1 Å². The molecule has 6 atom stereocenters. The lowest BCUT2D eigenvalue weighted by Gasteiger charge is -2.37. The summed E-state index contributed by atoms with van der Waals surface area (Å²) in [5.74, 6) is 1.81. The maximum absolute atomic E-state index is 13.1. The predicted octanol–water partition coefficient (Wildman–Crippen LogP) is 4.92. The molecule has 0 N–H and O–H groups in total. The minimum absolute atomic E-state index is 0.169. The van der Waals surface area contributed by atoms with E-state index in [-0.39, 0.29) is 35.5 Å². The third-order valence-electron chi connectivity index (χ3n) is 7.54. The minimum Gasteiger partial charge on any atom is -0.493 e. The predicted molar refractivity (Wildman–Crippen MR) is 136 cm³/mol. The first-order valence-corrected chi connectivity index (χ1v) is 12.8. The lowest BCUT2D eigenvalue weighted by Crippen LogP contribution is -2.40. The quantitative estimate of drug-likeness (QED) is 0.208. The standard InChI is InChI=1S/C26H22ClIN2O4/c1-33-21-9-13(8-20(28)24(21)34-12-14-4-2-3-5-19(14)27)11-29-30-25(31)22-15-6-7-16(18-10-17(15)18)23(22)26(30)32/h2-9,11,15-18,22-23H,10,12H2,1H3/b29-11-/t15-,16-,17-,18-,22-,23+/m0/s1. The van der Waals surface area contributed by atoms with E-state index >= 15 is 0 Å². The van der Waals surface area contributed by atoms with Crippen LogP contribution in [0.5, 0.6) is 11.5 Å². The number of hydrogen-bond donors (Lipinski definition) is 0. The summed E-state index contributed by atoms with van der Waals surface area (Å²) in [6.45, 7) is 0.303. The van der Waals surface area contributed by atoms with Gasteiger partial charge < -0.3 is 9.47 Å². The summed E-state index contributed by atoms with van der Waals surface area (Å²) in [6.07, 6.45) is 7.01. The second-order valence-electron chi connectivity index (χ2n) is 9.30. The zero-order valence-electron chi connectivity index (χ0n) is 18.4. The fourth-order valence-corrected chi connectivity index (χ4v) is 6.87. The molecule has 0 spiro atoms. The minimum atomic E-state index is -0.251. The number of benzene rings is 2. The normalized spacial score (nSPS) is 30.6. The highest BCUT2D eigenvalue weighted by atomic mass is 127. The summed E-state index contributed by atoms with van der Waals surface area (Å²) in [5.41, 5.74) is 1.59. The van der Waals surface area contributed by atoms with E-state index in [1.165, 1.54) is 0 Å². The maximum Gasteiger partial charge on any atom is 0.254 e. The van der Waals surface area contributed by atoms with Crippen LogP contribution in [-0.4, -0.2) is 30.1 Å². The van der Waals surface area contributed by atoms with Crippen molar-refractivity contribution in [2.45, 2.75) is 13.0 Å². The molecule has 2 aromatic carbocycles. The van der Waals surface area contributed by atoms with E-state index in [0.717, 1.165) is 20.6 Å². The van der Waals surface area contributed by atoms with Crippen molar-refractivity contribution in [3.05, 3.63) is 68.3 Å². The first-order valence-electron chi connectivity index (χ1n) is 11.3. The van der Waals surface area contributed by atoms with Gasteiger partial charge in [0.1, 0.15) is 6.61 Å². The molecule has 2 saturated carbocycles. The molecule has 0 radical (unpaired) electrons. The van der Waals surface area contributed by atoms with Crippen molar-refractivity contribution in [3.8, 4) is 11.5 Å². The lowest BCUT2D eigenvalue weighted by atomic mass is 9.63. The molecule has 8 heteroatoms. The Morgan fingerprint density at radius 1 is 1.12 bits per heavy atom. The highest BCUT2D eigenvalue weighted by Gasteiger charge is 2.67. The number of methoxy groups -OCH3 is 1. The Hall–Kier alpha value is -2.39. The van der Waals surface area contributed by atoms with E-state index in [9.17, 15) is 9.59 Å². The molecule has 2 aromatic rings. The number of allylic oxidation sites excluding steroid dienone is 2. The number of carbonyl (C=O) groups excluding carboxylic acids is 2. The van der Waals surface area contributed by atoms with E-state index in [2.05, 4.69) is 39.8 Å². The first-order chi connectivity index (χ1) is 16.5. The Balaban J connectivity index is 1.21. The zero-order chi connectivity index (χ0) is 23.6. The largest absolute Gasteiger partial charge is 0.493 e. The number of imide groups is 1. The smallest absolute Gasteiger partial charge is 0.254 e. The summed E-state index contributed by atoms with van der Waals surface area (Å²) in [4.78, 5) is 26.2. The molecule has 4 aliphatic carbocycles. The fraction of sp³-hybridized carbons (Fsp3) is 0.346. The second kappa shape index (κ2) is 8.37. The Bertz CT molecular complexity index is 1230. The van der Waals surface area contributed by atoms with Crippen LogP contribution in [-0.2, 0) is 16.2 Å². The summed E-state index contributed by atoms with van der Waals surface area (Å²) in [6, 6.07) is 11.2. The van der Waals surface area contributed by atoms with Crippen LogP contribution >= 0.6 is 34.2 Å². The van der Waals surface area contributed by atoms with Gasteiger partial charge >= 0.3 is 0 Å². The van der Waals surface area contributed by atoms with Crippen LogP contribution in [0.15, 0.2) is 53.7 Å². The molecular weight excluding hydrogens is 567 g/mol. The van der Waals surface area contributed by atoms with Gasteiger partial charge in [-0.3, -0.25) is 9.59 Å². The Labute approximate surface area is 216 Å². The number of nitrogens with zero attached hydrogens (tertiary/aromatic N) is 2. The van der Waals surface area contributed by atoms with Crippen LogP contribution in [0.3, 0.4) is 0 Å². The van der Waals surface area contributed by atoms with Crippen molar-refractivity contribution in [2.24, 2.45) is 40.6 Å². The second-order valence-corrected chi connectivity index (χ2v) is 10.9. The number of carbonyl (C=O) groups is 2. The molecule has 2 bridgehead atoms. The van der Waals surface area contributed by atoms with Crippen molar-refractivity contribution in [2.75, 3.05) is 7.11 Å². The van der Waals surface area contributed by atoms with Crippen LogP contribution in [0.2, 0.25) is 5.02 Å². The van der Waals surface area contributed by atoms with Gasteiger partial charge in [0, 0.05) is 10.6 Å². The fourth-order valence-electron chi connectivity index (χ4n) is 5.90. The Morgan fingerprint density at radius 2 is 1.79 bits per heavy atom. The Morgan fingerprint density at radius 3 is 2.44 bits per heavy atom. The van der Waals surface area contributed by atoms with Gasteiger partial charge in [0.2, 0.25) is 0 Å². The SMILES string of the molecule is COc1cc(/C=N\N2C(=O)[C@@H]3[C@H]4C=C[C@@H]([C@@H]5C[C@@H]45)[C@@H]3C2=O)cc(I)c1OCc1ccccc1Cl. The molecule has 5 aliphatic rings. The molecule has 2 amide bonds. The molecule has 7 rings (SSSR count). The third-order valence-corrected chi connectivity index (χ3v) is 8.71. The van der Waals surface area contributed by atoms with Crippen LogP contribution in [0.4, 0.5) is 0 Å². The maximum atomic E-state index is 13.1. The van der Waals surface area contributed by atoms with Gasteiger partial charge in [-0.15, -0.1) is 0 Å². The van der Waals surface area contributed by atoms with Crippen LogP contribution in [0.25, 0.3) is 0 Å². The van der Waals surface area contributed by atoms with Crippen molar-refractivity contribution >= 4 is 52.2 Å². The monoisotopic (exact) mass is 588 g/mol. The molecule has 174 valence electrons. The molecule has 6 nitrogen and oxygen atoms in total. The molecule has 1 aliphatic heterocycles. The number of amides is 2. The summed E-state index contributed by atoms with van der Waals surface area (Å²) in [5, 5.41) is 6.06. The van der Waals surface area contributed by atoms with Gasteiger partial charge in [0.25, 0.3) is 11.8 Å².